The summed E-state index contributed by atoms with van der Waals surface area (Å²) in [5.41, 5.74) is 1.23. The van der Waals surface area contributed by atoms with Crippen molar-refractivity contribution in [2.45, 2.75) is 12.5 Å². The zero-order chi connectivity index (χ0) is 11.7. The number of hydrogen-bond acceptors (Lipinski definition) is 3. The van der Waals surface area contributed by atoms with Crippen molar-refractivity contribution in [3.05, 3.63) is 36.7 Å². The van der Waals surface area contributed by atoms with Crippen molar-refractivity contribution in [1.82, 2.24) is 10.3 Å². The average Bonchev–Trinajstić information content (AvgIpc) is 2.91. The monoisotopic (exact) mass is 263 g/mol. The summed E-state index contributed by atoms with van der Waals surface area (Å²) in [6.07, 6.45) is 5.11. The van der Waals surface area contributed by atoms with Gasteiger partial charge in [0.15, 0.2) is 0 Å². The summed E-state index contributed by atoms with van der Waals surface area (Å²) in [5, 5.41) is 5.91. The van der Waals surface area contributed by atoms with Crippen LogP contribution in [-0.4, -0.2) is 31.2 Å². The first-order valence-electron chi connectivity index (χ1n) is 6.12. The van der Waals surface area contributed by atoms with Crippen LogP contribution in [0.2, 0.25) is 0 Å². The summed E-state index contributed by atoms with van der Waals surface area (Å²) in [7, 11) is 2.17. The van der Waals surface area contributed by atoms with E-state index in [0.717, 1.165) is 13.1 Å². The third kappa shape index (κ3) is 2.28. The minimum atomic E-state index is 0. The quantitative estimate of drug-likeness (QED) is 0.902. The highest BCUT2D eigenvalue weighted by molar-refractivity contribution is 5.93. The van der Waals surface area contributed by atoms with E-state index >= 15 is 0 Å². The first kappa shape index (κ1) is 13.1. The van der Waals surface area contributed by atoms with E-state index in [-0.39, 0.29) is 12.4 Å². The Morgan fingerprint density at radius 1 is 1.28 bits per heavy atom. The number of hydrogen-bond donors (Lipinski definition) is 1. The summed E-state index contributed by atoms with van der Waals surface area (Å²) < 4.78 is 0. The van der Waals surface area contributed by atoms with Crippen molar-refractivity contribution in [3.8, 4) is 0 Å². The Labute approximate surface area is 114 Å². The smallest absolute Gasteiger partial charge is 0.0632 e. The van der Waals surface area contributed by atoms with Crippen LogP contribution in [0.25, 0.3) is 10.8 Å². The van der Waals surface area contributed by atoms with Gasteiger partial charge in [0, 0.05) is 36.6 Å². The van der Waals surface area contributed by atoms with E-state index in [0.29, 0.717) is 6.04 Å². The van der Waals surface area contributed by atoms with Gasteiger partial charge in [-0.15, -0.1) is 12.4 Å². The first-order valence-corrected chi connectivity index (χ1v) is 6.12. The highest BCUT2D eigenvalue weighted by atomic mass is 35.5. The molecular weight excluding hydrogens is 246 g/mol. The molecule has 96 valence electrons. The number of fused-ring (bicyclic) bond motifs is 1. The molecular formula is C14H18ClN3. The summed E-state index contributed by atoms with van der Waals surface area (Å²) in [4.78, 5) is 6.70. The molecule has 1 aromatic carbocycles. The van der Waals surface area contributed by atoms with Crippen LogP contribution in [0, 0.1) is 0 Å². The first-order chi connectivity index (χ1) is 8.36. The normalized spacial score (nSPS) is 18.6. The number of nitrogens with zero attached hydrogens (tertiary/aromatic N) is 2. The Morgan fingerprint density at radius 3 is 2.89 bits per heavy atom. The summed E-state index contributed by atoms with van der Waals surface area (Å²) in [5.74, 6) is 0. The van der Waals surface area contributed by atoms with E-state index < -0.39 is 0 Å². The van der Waals surface area contributed by atoms with Gasteiger partial charge in [-0.2, -0.15) is 0 Å². The molecule has 2 aromatic rings. The number of pyridine rings is 1. The SMILES string of the molecule is CN(c1cncc2ccccc12)[C@H]1CCNC1.Cl. The van der Waals surface area contributed by atoms with Gasteiger partial charge in [0.1, 0.15) is 0 Å². The number of likely N-dealkylation sites (N-methyl/N-ethyl adjacent to an activating group) is 1. The molecule has 0 aliphatic carbocycles. The van der Waals surface area contributed by atoms with Crippen LogP contribution in [0.15, 0.2) is 36.7 Å². The molecule has 1 aliphatic rings. The van der Waals surface area contributed by atoms with Gasteiger partial charge in [0.05, 0.1) is 11.9 Å². The Bertz CT molecular complexity index is 518. The molecule has 0 saturated carbocycles. The molecule has 2 heterocycles. The van der Waals surface area contributed by atoms with Crippen molar-refractivity contribution in [3.63, 3.8) is 0 Å². The third-order valence-corrected chi connectivity index (χ3v) is 3.61. The second-order valence-electron chi connectivity index (χ2n) is 4.64. The van der Waals surface area contributed by atoms with Gasteiger partial charge >= 0.3 is 0 Å². The van der Waals surface area contributed by atoms with Crippen molar-refractivity contribution < 1.29 is 0 Å². The number of rotatable bonds is 2. The van der Waals surface area contributed by atoms with Crippen LogP contribution >= 0.6 is 12.4 Å². The molecule has 0 unspecified atom stereocenters. The van der Waals surface area contributed by atoms with Gasteiger partial charge < -0.3 is 10.2 Å². The van der Waals surface area contributed by atoms with Gasteiger partial charge in [0.2, 0.25) is 0 Å². The standard InChI is InChI=1S/C14H17N3.ClH/c1-17(12-6-7-15-9-12)14-10-16-8-11-4-2-3-5-13(11)14;/h2-5,8,10,12,15H,6-7,9H2,1H3;1H/t12-;/m0./s1. The van der Waals surface area contributed by atoms with Crippen LogP contribution in [-0.2, 0) is 0 Å². The van der Waals surface area contributed by atoms with Crippen molar-refractivity contribution >= 4 is 28.9 Å². The maximum atomic E-state index is 4.34. The molecule has 1 N–H and O–H groups in total. The Kier molecular flexibility index (Phi) is 4.04. The highest BCUT2D eigenvalue weighted by Gasteiger charge is 2.20. The highest BCUT2D eigenvalue weighted by Crippen LogP contribution is 2.26. The second kappa shape index (κ2) is 5.55. The van der Waals surface area contributed by atoms with Crippen LogP contribution in [0.4, 0.5) is 5.69 Å². The zero-order valence-electron chi connectivity index (χ0n) is 10.5. The number of halogens is 1. The molecule has 0 amide bonds. The summed E-state index contributed by atoms with van der Waals surface area (Å²) in [6, 6.07) is 9.03. The van der Waals surface area contributed by atoms with E-state index in [1.807, 2.05) is 12.4 Å². The van der Waals surface area contributed by atoms with Crippen LogP contribution < -0.4 is 10.2 Å². The van der Waals surface area contributed by atoms with Gasteiger partial charge in [0.25, 0.3) is 0 Å². The summed E-state index contributed by atoms with van der Waals surface area (Å²) >= 11 is 0. The third-order valence-electron chi connectivity index (χ3n) is 3.61. The minimum Gasteiger partial charge on any atom is -0.369 e. The maximum Gasteiger partial charge on any atom is 0.0632 e. The van der Waals surface area contributed by atoms with E-state index in [1.165, 1.54) is 22.9 Å². The fourth-order valence-electron chi connectivity index (χ4n) is 2.55. The van der Waals surface area contributed by atoms with Crippen molar-refractivity contribution in [1.29, 1.82) is 0 Å². The number of aromatic nitrogens is 1. The molecule has 0 spiro atoms. The van der Waals surface area contributed by atoms with Crippen LogP contribution in [0.1, 0.15) is 6.42 Å². The lowest BCUT2D eigenvalue weighted by molar-refractivity contribution is 0.686. The van der Waals surface area contributed by atoms with E-state index in [9.17, 15) is 0 Å². The van der Waals surface area contributed by atoms with E-state index in [1.54, 1.807) is 0 Å². The molecule has 1 aromatic heterocycles. The fourth-order valence-corrected chi connectivity index (χ4v) is 2.55. The van der Waals surface area contributed by atoms with Gasteiger partial charge in [-0.3, -0.25) is 4.98 Å². The Hall–Kier alpha value is -1.32. The van der Waals surface area contributed by atoms with Gasteiger partial charge in [-0.25, -0.2) is 0 Å². The largest absolute Gasteiger partial charge is 0.369 e. The molecule has 0 bridgehead atoms. The number of anilines is 1. The van der Waals surface area contributed by atoms with E-state index in [4.69, 9.17) is 0 Å². The number of nitrogens with one attached hydrogen (secondary N) is 1. The molecule has 3 rings (SSSR count). The topological polar surface area (TPSA) is 28.2 Å². The average molecular weight is 264 g/mol. The molecule has 1 fully saturated rings. The molecule has 4 heteroatoms. The lowest BCUT2D eigenvalue weighted by atomic mass is 10.1. The zero-order valence-corrected chi connectivity index (χ0v) is 11.3. The second-order valence-corrected chi connectivity index (χ2v) is 4.64. The molecule has 1 atom stereocenters. The molecule has 0 radical (unpaired) electrons. The fraction of sp³-hybridized carbons (Fsp3) is 0.357. The van der Waals surface area contributed by atoms with Crippen LogP contribution in [0.5, 0.6) is 0 Å². The molecule has 1 saturated heterocycles. The molecule has 3 nitrogen and oxygen atoms in total. The van der Waals surface area contributed by atoms with Gasteiger partial charge in [-0.1, -0.05) is 24.3 Å². The predicted octanol–water partition coefficient (Wildman–Crippen LogP) is 2.45. The minimum absolute atomic E-state index is 0. The van der Waals surface area contributed by atoms with Crippen molar-refractivity contribution in [2.24, 2.45) is 0 Å². The van der Waals surface area contributed by atoms with Crippen molar-refractivity contribution in [2.75, 3.05) is 25.0 Å². The van der Waals surface area contributed by atoms with E-state index in [2.05, 4.69) is 46.5 Å². The number of benzene rings is 1. The van der Waals surface area contributed by atoms with Gasteiger partial charge in [-0.05, 0) is 13.0 Å². The van der Waals surface area contributed by atoms with Crippen LogP contribution in [0.3, 0.4) is 0 Å². The summed E-state index contributed by atoms with van der Waals surface area (Å²) in [6.45, 7) is 2.19. The Balaban J connectivity index is 0.00000120. The predicted molar refractivity (Wildman–Crippen MR) is 78.7 cm³/mol. The molecule has 18 heavy (non-hydrogen) atoms. The lowest BCUT2D eigenvalue weighted by Crippen LogP contribution is -2.33. The lowest BCUT2D eigenvalue weighted by Gasteiger charge is -2.26. The Morgan fingerprint density at radius 2 is 2.11 bits per heavy atom. The molecule has 1 aliphatic heterocycles. The maximum absolute atomic E-state index is 4.34.